The molecule has 0 amide bonds. The van der Waals surface area contributed by atoms with Gasteiger partial charge in [0.25, 0.3) is 0 Å². The SMILES string of the molecule is C[C@H](CC[C@H](O)CCO)[C@H]1CC[C@H]2[C@@H]3[C@H](O)C[C@@H]4C[C@H](O)CC[C@]4(C)[C@H]3C[C@H](O)[C@]12C. The molecule has 0 bridgehead atoms. The van der Waals surface area contributed by atoms with Crippen LogP contribution in [-0.4, -0.2) is 56.6 Å². The third kappa shape index (κ3) is 3.90. The fraction of sp³-hybridized carbons (Fsp3) is 1.00. The molecule has 4 fully saturated rings. The Balaban J connectivity index is 1.54. The summed E-state index contributed by atoms with van der Waals surface area (Å²) in [6.45, 7) is 6.94. The lowest BCUT2D eigenvalue weighted by Crippen LogP contribution is -2.62. The number of fused-ring (bicyclic) bond motifs is 5. The van der Waals surface area contributed by atoms with Crippen LogP contribution in [-0.2, 0) is 0 Å². The van der Waals surface area contributed by atoms with Crippen molar-refractivity contribution in [2.45, 2.75) is 109 Å². The molecule has 4 aliphatic carbocycles. The van der Waals surface area contributed by atoms with Crippen molar-refractivity contribution >= 4 is 0 Å². The van der Waals surface area contributed by atoms with E-state index in [2.05, 4.69) is 20.8 Å². The molecule has 0 aromatic heterocycles. The molecule has 4 aliphatic rings. The molecule has 180 valence electrons. The average Bonchev–Trinajstić information content (AvgIpc) is 3.07. The highest BCUT2D eigenvalue weighted by Gasteiger charge is 2.65. The summed E-state index contributed by atoms with van der Waals surface area (Å²) in [5.74, 6) is 2.09. The third-order valence-corrected chi connectivity index (χ3v) is 10.9. The lowest BCUT2D eigenvalue weighted by molar-refractivity contribution is -0.207. The van der Waals surface area contributed by atoms with E-state index in [0.717, 1.165) is 51.4 Å². The second-order valence-corrected chi connectivity index (χ2v) is 12.2. The maximum absolute atomic E-state index is 11.6. The first-order valence-electron chi connectivity index (χ1n) is 13.0. The minimum atomic E-state index is -0.447. The highest BCUT2D eigenvalue weighted by Crippen LogP contribution is 2.68. The largest absolute Gasteiger partial charge is 0.396 e. The van der Waals surface area contributed by atoms with Crippen molar-refractivity contribution in [2.24, 2.45) is 46.3 Å². The Morgan fingerprint density at radius 1 is 0.903 bits per heavy atom. The third-order valence-electron chi connectivity index (χ3n) is 10.9. The average molecular weight is 439 g/mol. The van der Waals surface area contributed by atoms with Gasteiger partial charge in [-0.2, -0.15) is 0 Å². The van der Waals surface area contributed by atoms with Gasteiger partial charge in [0, 0.05) is 6.61 Å². The quantitative estimate of drug-likeness (QED) is 0.439. The van der Waals surface area contributed by atoms with E-state index in [4.69, 9.17) is 5.11 Å². The van der Waals surface area contributed by atoms with Gasteiger partial charge in [0.1, 0.15) is 0 Å². The predicted molar refractivity (Wildman–Crippen MR) is 120 cm³/mol. The summed E-state index contributed by atoms with van der Waals surface area (Å²) < 4.78 is 0. The molecule has 0 heterocycles. The Bertz CT molecular complexity index is 627. The molecule has 4 saturated carbocycles. The Morgan fingerprint density at radius 2 is 1.65 bits per heavy atom. The first-order chi connectivity index (χ1) is 14.6. The molecule has 5 heteroatoms. The van der Waals surface area contributed by atoms with Gasteiger partial charge in [-0.3, -0.25) is 0 Å². The standard InChI is InChI=1S/C26H46O5/c1-15(4-5-17(28)9-11-27)19-6-7-20-24-21(14-23(31)26(19,20)3)25(2)10-8-18(29)12-16(25)13-22(24)30/h15-24,27-31H,4-14H2,1-3H3/t15-,16+,17+,18-,19-,20+,21+,22-,23+,24+,25+,26-/m1/s1. The first-order valence-corrected chi connectivity index (χ1v) is 13.0. The van der Waals surface area contributed by atoms with Gasteiger partial charge < -0.3 is 25.5 Å². The summed E-state index contributed by atoms with van der Waals surface area (Å²) in [5.41, 5.74) is -0.0651. The van der Waals surface area contributed by atoms with Gasteiger partial charge in [0.2, 0.25) is 0 Å². The van der Waals surface area contributed by atoms with Gasteiger partial charge in [0.05, 0.1) is 24.4 Å². The van der Waals surface area contributed by atoms with Gasteiger partial charge in [-0.1, -0.05) is 20.8 Å². The highest BCUT2D eigenvalue weighted by atomic mass is 16.3. The zero-order valence-corrected chi connectivity index (χ0v) is 19.8. The molecule has 31 heavy (non-hydrogen) atoms. The number of rotatable bonds is 6. The zero-order chi connectivity index (χ0) is 22.6. The van der Waals surface area contributed by atoms with Crippen molar-refractivity contribution in [3.8, 4) is 0 Å². The molecule has 0 aromatic carbocycles. The summed E-state index contributed by atoms with van der Waals surface area (Å²) in [7, 11) is 0. The van der Waals surface area contributed by atoms with Crippen molar-refractivity contribution < 1.29 is 25.5 Å². The molecular formula is C26H46O5. The van der Waals surface area contributed by atoms with Crippen LogP contribution in [0.1, 0.15) is 85.0 Å². The summed E-state index contributed by atoms with van der Waals surface area (Å²) in [6.07, 6.45) is 7.06. The van der Waals surface area contributed by atoms with E-state index in [1.54, 1.807) is 0 Å². The second kappa shape index (κ2) is 8.87. The van der Waals surface area contributed by atoms with Crippen LogP contribution in [0.4, 0.5) is 0 Å². The molecule has 12 atom stereocenters. The monoisotopic (exact) mass is 438 g/mol. The molecule has 5 nitrogen and oxygen atoms in total. The summed E-state index contributed by atoms with van der Waals surface area (Å²) in [5, 5.41) is 52.3. The maximum Gasteiger partial charge on any atom is 0.0602 e. The molecular weight excluding hydrogens is 392 g/mol. The van der Waals surface area contributed by atoms with Crippen LogP contribution in [0.5, 0.6) is 0 Å². The minimum absolute atomic E-state index is 0.0230. The van der Waals surface area contributed by atoms with E-state index >= 15 is 0 Å². The normalized spacial score (nSPS) is 51.5. The fourth-order valence-corrected chi connectivity index (χ4v) is 9.08. The molecule has 0 unspecified atom stereocenters. The Kier molecular flexibility index (Phi) is 6.85. The van der Waals surface area contributed by atoms with Crippen LogP contribution in [0.15, 0.2) is 0 Å². The Hall–Kier alpha value is -0.200. The van der Waals surface area contributed by atoms with Crippen LogP contribution < -0.4 is 0 Å². The van der Waals surface area contributed by atoms with Crippen molar-refractivity contribution in [1.82, 2.24) is 0 Å². The Morgan fingerprint density at radius 3 is 2.35 bits per heavy atom. The molecule has 5 N–H and O–H groups in total. The van der Waals surface area contributed by atoms with Crippen molar-refractivity contribution in [3.05, 3.63) is 0 Å². The van der Waals surface area contributed by atoms with Gasteiger partial charge in [-0.05, 0) is 111 Å². The molecule has 0 aromatic rings. The maximum atomic E-state index is 11.6. The minimum Gasteiger partial charge on any atom is -0.396 e. The van der Waals surface area contributed by atoms with Crippen LogP contribution in [0.2, 0.25) is 0 Å². The molecule has 0 spiro atoms. The highest BCUT2D eigenvalue weighted by molar-refractivity contribution is 5.14. The van der Waals surface area contributed by atoms with Gasteiger partial charge in [-0.25, -0.2) is 0 Å². The molecule has 0 saturated heterocycles. The molecule has 0 aliphatic heterocycles. The first kappa shape index (κ1) is 23.9. The van der Waals surface area contributed by atoms with Crippen LogP contribution in [0, 0.1) is 46.3 Å². The van der Waals surface area contributed by atoms with E-state index in [1.165, 1.54) is 0 Å². The van der Waals surface area contributed by atoms with Gasteiger partial charge in [0.15, 0.2) is 0 Å². The van der Waals surface area contributed by atoms with E-state index in [9.17, 15) is 20.4 Å². The second-order valence-electron chi connectivity index (χ2n) is 12.2. The lowest BCUT2D eigenvalue weighted by Gasteiger charge is -2.63. The van der Waals surface area contributed by atoms with Gasteiger partial charge in [-0.15, -0.1) is 0 Å². The molecule has 4 rings (SSSR count). The van der Waals surface area contributed by atoms with E-state index in [1.807, 2.05) is 0 Å². The number of hydrogen-bond acceptors (Lipinski definition) is 5. The van der Waals surface area contributed by atoms with Crippen LogP contribution >= 0.6 is 0 Å². The summed E-state index contributed by atoms with van der Waals surface area (Å²) >= 11 is 0. The fourth-order valence-electron chi connectivity index (χ4n) is 9.08. The summed E-state index contributed by atoms with van der Waals surface area (Å²) in [4.78, 5) is 0. The van der Waals surface area contributed by atoms with E-state index in [0.29, 0.717) is 42.4 Å². The number of aliphatic hydroxyl groups excluding tert-OH is 5. The van der Waals surface area contributed by atoms with Crippen molar-refractivity contribution in [1.29, 1.82) is 0 Å². The number of hydrogen-bond donors (Lipinski definition) is 5. The Labute approximate surface area is 188 Å². The van der Waals surface area contributed by atoms with Crippen LogP contribution in [0.3, 0.4) is 0 Å². The molecule has 0 radical (unpaired) electrons. The number of aliphatic hydroxyl groups is 5. The topological polar surface area (TPSA) is 101 Å². The van der Waals surface area contributed by atoms with Crippen molar-refractivity contribution in [3.63, 3.8) is 0 Å². The predicted octanol–water partition coefficient (Wildman–Crippen LogP) is 3.11. The van der Waals surface area contributed by atoms with Crippen molar-refractivity contribution in [2.75, 3.05) is 6.61 Å². The zero-order valence-electron chi connectivity index (χ0n) is 19.8. The van der Waals surface area contributed by atoms with Crippen LogP contribution in [0.25, 0.3) is 0 Å². The smallest absolute Gasteiger partial charge is 0.0602 e. The van der Waals surface area contributed by atoms with E-state index < -0.39 is 6.10 Å². The lowest BCUT2D eigenvalue weighted by atomic mass is 9.43. The van der Waals surface area contributed by atoms with E-state index in [-0.39, 0.29) is 41.7 Å². The van der Waals surface area contributed by atoms with Gasteiger partial charge >= 0.3 is 0 Å². The summed E-state index contributed by atoms with van der Waals surface area (Å²) in [6, 6.07) is 0.